The lowest BCUT2D eigenvalue weighted by molar-refractivity contribution is 0.0946. The van der Waals surface area contributed by atoms with Gasteiger partial charge >= 0.3 is 0 Å². The molecule has 0 saturated carbocycles. The maximum Gasteiger partial charge on any atom is 0.267 e. The summed E-state index contributed by atoms with van der Waals surface area (Å²) in [5.41, 5.74) is 2.48. The molecule has 2 aromatic carbocycles. The van der Waals surface area contributed by atoms with Gasteiger partial charge in [0.2, 0.25) is 0 Å². The zero-order valence-corrected chi connectivity index (χ0v) is 13.6. The molecule has 0 aliphatic rings. The summed E-state index contributed by atoms with van der Waals surface area (Å²) in [6.07, 6.45) is 0. The predicted molar refractivity (Wildman–Crippen MR) is 90.2 cm³/mol. The molecule has 112 valence electrons. The van der Waals surface area contributed by atoms with Gasteiger partial charge in [0.15, 0.2) is 0 Å². The Bertz CT molecular complexity index is 826. The number of amides is 1. The van der Waals surface area contributed by atoms with Crippen molar-refractivity contribution < 1.29 is 9.53 Å². The van der Waals surface area contributed by atoms with Gasteiger partial charge in [0.1, 0.15) is 11.4 Å². The third kappa shape index (κ3) is 3.14. The summed E-state index contributed by atoms with van der Waals surface area (Å²) in [7, 11) is 1.63. The quantitative estimate of drug-likeness (QED) is 0.743. The minimum absolute atomic E-state index is 0.129. The van der Waals surface area contributed by atoms with Crippen molar-refractivity contribution in [3.8, 4) is 5.75 Å². The highest BCUT2D eigenvalue weighted by Crippen LogP contribution is 2.20. The number of carbonyl (C=O) groups excluding carboxylic acids is 1. The third-order valence-electron chi connectivity index (χ3n) is 3.42. The van der Waals surface area contributed by atoms with E-state index in [0.717, 1.165) is 26.7 Å². The zero-order chi connectivity index (χ0) is 15.5. The third-order valence-corrected chi connectivity index (χ3v) is 3.91. The predicted octanol–water partition coefficient (Wildman–Crippen LogP) is 3.87. The van der Waals surface area contributed by atoms with E-state index >= 15 is 0 Å². The van der Waals surface area contributed by atoms with Gasteiger partial charge in [-0.15, -0.1) is 0 Å². The monoisotopic (exact) mass is 358 g/mol. The van der Waals surface area contributed by atoms with Gasteiger partial charge in [-0.25, -0.2) is 0 Å². The van der Waals surface area contributed by atoms with Crippen molar-refractivity contribution in [1.29, 1.82) is 0 Å². The molecule has 1 amide bonds. The maximum absolute atomic E-state index is 12.2. The van der Waals surface area contributed by atoms with E-state index in [1.54, 1.807) is 7.11 Å². The van der Waals surface area contributed by atoms with Crippen LogP contribution in [0.4, 0.5) is 0 Å². The summed E-state index contributed by atoms with van der Waals surface area (Å²) >= 11 is 3.42. The van der Waals surface area contributed by atoms with Crippen LogP contribution < -0.4 is 10.1 Å². The number of benzene rings is 2. The van der Waals surface area contributed by atoms with Crippen molar-refractivity contribution in [1.82, 2.24) is 10.3 Å². The first-order valence-electron chi connectivity index (χ1n) is 6.85. The average molecular weight is 359 g/mol. The van der Waals surface area contributed by atoms with Gasteiger partial charge in [0, 0.05) is 21.9 Å². The lowest BCUT2D eigenvalue weighted by Crippen LogP contribution is -2.23. The highest BCUT2D eigenvalue weighted by molar-refractivity contribution is 9.10. The molecule has 0 radical (unpaired) electrons. The van der Waals surface area contributed by atoms with Crippen LogP contribution in [0.15, 0.2) is 53.0 Å². The van der Waals surface area contributed by atoms with Gasteiger partial charge in [-0.3, -0.25) is 4.79 Å². The number of halogens is 1. The van der Waals surface area contributed by atoms with Gasteiger partial charge in [-0.2, -0.15) is 0 Å². The van der Waals surface area contributed by atoms with Crippen molar-refractivity contribution in [2.24, 2.45) is 0 Å². The van der Waals surface area contributed by atoms with Crippen molar-refractivity contribution in [3.63, 3.8) is 0 Å². The molecule has 0 aliphatic heterocycles. The molecule has 1 aromatic heterocycles. The normalized spacial score (nSPS) is 10.6. The standard InChI is InChI=1S/C17H15BrN2O2/c1-22-14-4-2-3-11(7-14)10-19-17(21)16-8-12-5-6-13(18)9-15(12)20-16/h2-9,20H,10H2,1H3,(H,19,21). The Balaban J connectivity index is 1.72. The molecule has 0 saturated heterocycles. The maximum atomic E-state index is 12.2. The molecule has 3 aromatic rings. The van der Waals surface area contributed by atoms with Crippen LogP contribution >= 0.6 is 15.9 Å². The van der Waals surface area contributed by atoms with Crippen LogP contribution in [-0.4, -0.2) is 18.0 Å². The van der Waals surface area contributed by atoms with E-state index in [4.69, 9.17) is 4.74 Å². The molecular weight excluding hydrogens is 344 g/mol. The fraction of sp³-hybridized carbons (Fsp3) is 0.118. The van der Waals surface area contributed by atoms with Crippen LogP contribution in [0.2, 0.25) is 0 Å². The number of aromatic nitrogens is 1. The Kier molecular flexibility index (Phi) is 4.15. The molecule has 0 aliphatic carbocycles. The van der Waals surface area contributed by atoms with Crippen LogP contribution in [0.1, 0.15) is 16.1 Å². The minimum atomic E-state index is -0.129. The fourth-order valence-electron chi connectivity index (χ4n) is 2.28. The molecule has 0 atom stereocenters. The molecule has 5 heteroatoms. The summed E-state index contributed by atoms with van der Waals surface area (Å²) in [4.78, 5) is 15.4. The first-order chi connectivity index (χ1) is 10.7. The largest absolute Gasteiger partial charge is 0.497 e. The number of H-pyrrole nitrogens is 1. The summed E-state index contributed by atoms with van der Waals surface area (Å²) in [5.74, 6) is 0.650. The van der Waals surface area contributed by atoms with Crippen molar-refractivity contribution in [2.75, 3.05) is 7.11 Å². The molecule has 4 nitrogen and oxygen atoms in total. The summed E-state index contributed by atoms with van der Waals surface area (Å²) in [6.45, 7) is 0.453. The van der Waals surface area contributed by atoms with Crippen molar-refractivity contribution in [3.05, 3.63) is 64.3 Å². The highest BCUT2D eigenvalue weighted by Gasteiger charge is 2.09. The molecule has 1 heterocycles. The Morgan fingerprint density at radius 2 is 2.09 bits per heavy atom. The summed E-state index contributed by atoms with van der Waals surface area (Å²) in [6, 6.07) is 15.4. The summed E-state index contributed by atoms with van der Waals surface area (Å²) < 4.78 is 6.15. The lowest BCUT2D eigenvalue weighted by atomic mass is 10.2. The molecule has 0 bridgehead atoms. The van der Waals surface area contributed by atoms with Gasteiger partial charge < -0.3 is 15.0 Å². The number of carbonyl (C=O) groups is 1. The van der Waals surface area contributed by atoms with Crippen LogP contribution in [0.5, 0.6) is 5.75 Å². The molecule has 0 fully saturated rings. The van der Waals surface area contributed by atoms with Gasteiger partial charge in [0.25, 0.3) is 5.91 Å². The molecule has 2 N–H and O–H groups in total. The smallest absolute Gasteiger partial charge is 0.267 e. The average Bonchev–Trinajstić information content (AvgIpc) is 2.96. The second kappa shape index (κ2) is 6.23. The zero-order valence-electron chi connectivity index (χ0n) is 12.0. The minimum Gasteiger partial charge on any atom is -0.497 e. The van der Waals surface area contributed by atoms with E-state index in [-0.39, 0.29) is 5.91 Å². The number of hydrogen-bond donors (Lipinski definition) is 2. The number of methoxy groups -OCH3 is 1. The summed E-state index contributed by atoms with van der Waals surface area (Å²) in [5, 5.41) is 3.91. The second-order valence-corrected chi connectivity index (χ2v) is 5.86. The van der Waals surface area contributed by atoms with Crippen molar-refractivity contribution in [2.45, 2.75) is 6.54 Å². The number of nitrogens with one attached hydrogen (secondary N) is 2. The van der Waals surface area contributed by atoms with Crippen molar-refractivity contribution >= 4 is 32.7 Å². The molecule has 22 heavy (non-hydrogen) atoms. The Morgan fingerprint density at radius 3 is 2.91 bits per heavy atom. The first-order valence-corrected chi connectivity index (χ1v) is 7.64. The molecule has 3 rings (SSSR count). The molecular formula is C17H15BrN2O2. The van der Waals surface area contributed by atoms with Gasteiger partial charge in [-0.1, -0.05) is 34.1 Å². The van der Waals surface area contributed by atoms with E-state index in [2.05, 4.69) is 26.2 Å². The molecule has 0 spiro atoms. The Hall–Kier alpha value is -2.27. The van der Waals surface area contributed by atoms with E-state index in [1.807, 2.05) is 48.5 Å². The van der Waals surface area contributed by atoms with Crippen LogP contribution in [0.3, 0.4) is 0 Å². The van der Waals surface area contributed by atoms with E-state index in [1.165, 1.54) is 0 Å². The first kappa shape index (κ1) is 14.7. The second-order valence-electron chi connectivity index (χ2n) is 4.95. The van der Waals surface area contributed by atoms with Crippen LogP contribution in [0, 0.1) is 0 Å². The van der Waals surface area contributed by atoms with E-state index < -0.39 is 0 Å². The highest BCUT2D eigenvalue weighted by atomic mass is 79.9. The van der Waals surface area contributed by atoms with E-state index in [0.29, 0.717) is 12.2 Å². The van der Waals surface area contributed by atoms with Gasteiger partial charge in [-0.05, 0) is 35.9 Å². The molecule has 0 unspecified atom stereocenters. The number of fused-ring (bicyclic) bond motifs is 1. The fourth-order valence-corrected chi connectivity index (χ4v) is 2.64. The SMILES string of the molecule is COc1cccc(CNC(=O)c2cc3ccc(Br)cc3[nH]2)c1. The van der Waals surface area contributed by atoms with Gasteiger partial charge in [0.05, 0.1) is 7.11 Å². The van der Waals surface area contributed by atoms with Crippen LogP contribution in [0.25, 0.3) is 10.9 Å². The topological polar surface area (TPSA) is 54.1 Å². The number of ether oxygens (including phenoxy) is 1. The Morgan fingerprint density at radius 1 is 1.23 bits per heavy atom. The Labute approximate surface area is 136 Å². The number of rotatable bonds is 4. The van der Waals surface area contributed by atoms with E-state index in [9.17, 15) is 4.79 Å². The van der Waals surface area contributed by atoms with Crippen LogP contribution in [-0.2, 0) is 6.54 Å². The lowest BCUT2D eigenvalue weighted by Gasteiger charge is -2.06. The number of aromatic amines is 1. The number of hydrogen-bond acceptors (Lipinski definition) is 2.